The number of amides is 1. The minimum absolute atomic E-state index is 0.247. The van der Waals surface area contributed by atoms with Crippen LogP contribution in [0.15, 0.2) is 17.5 Å². The predicted molar refractivity (Wildman–Crippen MR) is 54.7 cm³/mol. The number of nitrogens with one attached hydrogen (secondary N) is 1. The van der Waals surface area contributed by atoms with E-state index in [0.29, 0.717) is 13.0 Å². The van der Waals surface area contributed by atoms with Crippen LogP contribution in [0, 0.1) is 0 Å². The summed E-state index contributed by atoms with van der Waals surface area (Å²) in [5, 5.41) is 5.23. The Morgan fingerprint density at radius 3 is 3.00 bits per heavy atom. The molecule has 0 saturated heterocycles. The van der Waals surface area contributed by atoms with Crippen molar-refractivity contribution in [3.8, 4) is 0 Å². The molecule has 1 rings (SSSR count). The van der Waals surface area contributed by atoms with E-state index in [2.05, 4.69) is 16.8 Å². The minimum atomic E-state index is -0.247. The monoisotopic (exact) mass is 198 g/mol. The molecule has 0 aliphatic rings. The summed E-state index contributed by atoms with van der Waals surface area (Å²) in [6.45, 7) is 1.59. The summed E-state index contributed by atoms with van der Waals surface area (Å²) in [5.41, 5.74) is 4.99. The topological polar surface area (TPSA) is 55.1 Å². The number of primary amides is 1. The van der Waals surface area contributed by atoms with E-state index in [1.807, 2.05) is 6.07 Å². The summed E-state index contributed by atoms with van der Waals surface area (Å²) < 4.78 is 0. The third-order valence-corrected chi connectivity index (χ3v) is 2.61. The SMILES string of the molecule is NC(=O)CCNCCc1cccs1. The average Bonchev–Trinajstić information content (AvgIpc) is 2.55. The molecule has 4 heteroatoms. The fourth-order valence-corrected chi connectivity index (χ4v) is 1.71. The maximum atomic E-state index is 10.4. The molecular formula is C9H14N2OS. The third kappa shape index (κ3) is 4.65. The van der Waals surface area contributed by atoms with Gasteiger partial charge in [-0.2, -0.15) is 0 Å². The van der Waals surface area contributed by atoms with E-state index < -0.39 is 0 Å². The van der Waals surface area contributed by atoms with E-state index in [9.17, 15) is 4.79 Å². The highest BCUT2D eigenvalue weighted by atomic mass is 32.1. The lowest BCUT2D eigenvalue weighted by molar-refractivity contribution is -0.117. The van der Waals surface area contributed by atoms with Crippen molar-refractivity contribution in [1.82, 2.24) is 5.32 Å². The number of carbonyl (C=O) groups is 1. The Morgan fingerprint density at radius 1 is 1.54 bits per heavy atom. The van der Waals surface area contributed by atoms with Crippen molar-refractivity contribution >= 4 is 17.2 Å². The molecule has 1 aromatic heterocycles. The fraction of sp³-hybridized carbons (Fsp3) is 0.444. The van der Waals surface area contributed by atoms with Crippen LogP contribution < -0.4 is 11.1 Å². The first kappa shape index (κ1) is 10.2. The smallest absolute Gasteiger partial charge is 0.218 e. The van der Waals surface area contributed by atoms with Gasteiger partial charge in [0.2, 0.25) is 5.91 Å². The van der Waals surface area contributed by atoms with E-state index in [0.717, 1.165) is 13.0 Å². The summed E-state index contributed by atoms with van der Waals surface area (Å²) in [4.78, 5) is 11.7. The van der Waals surface area contributed by atoms with Gasteiger partial charge >= 0.3 is 0 Å². The molecule has 0 atom stereocenters. The summed E-state index contributed by atoms with van der Waals surface area (Å²) in [7, 11) is 0. The molecule has 0 fully saturated rings. The molecule has 0 aliphatic carbocycles. The molecule has 0 aromatic carbocycles. The van der Waals surface area contributed by atoms with Gasteiger partial charge in [-0.05, 0) is 24.4 Å². The molecule has 0 saturated carbocycles. The summed E-state index contributed by atoms with van der Waals surface area (Å²) in [6.07, 6.45) is 1.45. The quantitative estimate of drug-likeness (QED) is 0.663. The van der Waals surface area contributed by atoms with E-state index >= 15 is 0 Å². The first-order valence-corrected chi connectivity index (χ1v) is 5.18. The van der Waals surface area contributed by atoms with Gasteiger partial charge in [0.15, 0.2) is 0 Å². The first-order valence-electron chi connectivity index (χ1n) is 4.30. The minimum Gasteiger partial charge on any atom is -0.370 e. The second-order valence-electron chi connectivity index (χ2n) is 2.80. The number of hydrogen-bond acceptors (Lipinski definition) is 3. The third-order valence-electron chi connectivity index (χ3n) is 1.68. The lowest BCUT2D eigenvalue weighted by Gasteiger charge is -2.00. The van der Waals surface area contributed by atoms with Crippen LogP contribution in [0.25, 0.3) is 0 Å². The van der Waals surface area contributed by atoms with Crippen molar-refractivity contribution in [2.24, 2.45) is 5.73 Å². The molecule has 0 aliphatic heterocycles. The fourth-order valence-electron chi connectivity index (χ4n) is 1.00. The first-order chi connectivity index (χ1) is 6.29. The van der Waals surface area contributed by atoms with Crippen molar-refractivity contribution in [2.45, 2.75) is 12.8 Å². The molecule has 3 N–H and O–H groups in total. The van der Waals surface area contributed by atoms with Gasteiger partial charge < -0.3 is 11.1 Å². The maximum Gasteiger partial charge on any atom is 0.218 e. The van der Waals surface area contributed by atoms with Gasteiger partial charge in [-0.3, -0.25) is 4.79 Å². The number of nitrogens with two attached hydrogens (primary N) is 1. The van der Waals surface area contributed by atoms with Gasteiger partial charge in [-0.25, -0.2) is 0 Å². The highest BCUT2D eigenvalue weighted by Gasteiger charge is 1.95. The molecule has 13 heavy (non-hydrogen) atoms. The Hall–Kier alpha value is -0.870. The van der Waals surface area contributed by atoms with Crippen molar-refractivity contribution in [3.63, 3.8) is 0 Å². The molecule has 1 aromatic rings. The highest BCUT2D eigenvalue weighted by Crippen LogP contribution is 2.07. The Labute approximate surface area is 81.9 Å². The number of hydrogen-bond donors (Lipinski definition) is 2. The van der Waals surface area contributed by atoms with Crippen molar-refractivity contribution < 1.29 is 4.79 Å². The normalized spacial score (nSPS) is 10.2. The van der Waals surface area contributed by atoms with Crippen molar-refractivity contribution in [1.29, 1.82) is 0 Å². The van der Waals surface area contributed by atoms with E-state index in [1.165, 1.54) is 4.88 Å². The highest BCUT2D eigenvalue weighted by molar-refractivity contribution is 7.09. The molecule has 1 heterocycles. The zero-order valence-corrected chi connectivity index (χ0v) is 8.27. The van der Waals surface area contributed by atoms with Crippen LogP contribution in [0.1, 0.15) is 11.3 Å². The maximum absolute atomic E-state index is 10.4. The Balaban J connectivity index is 1.99. The predicted octanol–water partition coefficient (Wildman–Crippen LogP) is 0.756. The average molecular weight is 198 g/mol. The van der Waals surface area contributed by atoms with Crippen LogP contribution in [-0.4, -0.2) is 19.0 Å². The van der Waals surface area contributed by atoms with Crippen LogP contribution in [0.4, 0.5) is 0 Å². The van der Waals surface area contributed by atoms with Crippen LogP contribution in [-0.2, 0) is 11.2 Å². The lowest BCUT2D eigenvalue weighted by Crippen LogP contribution is -2.23. The molecule has 72 valence electrons. The molecule has 3 nitrogen and oxygen atoms in total. The molecule has 0 bridgehead atoms. The van der Waals surface area contributed by atoms with Crippen LogP contribution in [0.2, 0.25) is 0 Å². The summed E-state index contributed by atoms with van der Waals surface area (Å²) >= 11 is 1.76. The van der Waals surface area contributed by atoms with Gasteiger partial charge in [0.25, 0.3) is 0 Å². The molecular weight excluding hydrogens is 184 g/mol. The van der Waals surface area contributed by atoms with Gasteiger partial charge in [0, 0.05) is 17.8 Å². The molecule has 0 radical (unpaired) electrons. The van der Waals surface area contributed by atoms with Crippen molar-refractivity contribution in [2.75, 3.05) is 13.1 Å². The lowest BCUT2D eigenvalue weighted by atomic mass is 10.3. The van der Waals surface area contributed by atoms with E-state index in [1.54, 1.807) is 11.3 Å². The second kappa shape index (κ2) is 5.72. The van der Waals surface area contributed by atoms with Crippen LogP contribution in [0.3, 0.4) is 0 Å². The van der Waals surface area contributed by atoms with Crippen LogP contribution in [0.5, 0.6) is 0 Å². The summed E-state index contributed by atoms with van der Waals surface area (Å²) in [5.74, 6) is -0.247. The van der Waals surface area contributed by atoms with E-state index in [4.69, 9.17) is 5.73 Å². The molecule has 0 spiro atoms. The Morgan fingerprint density at radius 2 is 2.38 bits per heavy atom. The van der Waals surface area contributed by atoms with Crippen molar-refractivity contribution in [3.05, 3.63) is 22.4 Å². The number of carbonyl (C=O) groups excluding carboxylic acids is 1. The second-order valence-corrected chi connectivity index (χ2v) is 3.83. The van der Waals surface area contributed by atoms with Gasteiger partial charge in [0.1, 0.15) is 0 Å². The molecule has 1 amide bonds. The Bertz CT molecular complexity index is 246. The van der Waals surface area contributed by atoms with Crippen LogP contribution >= 0.6 is 11.3 Å². The zero-order valence-electron chi connectivity index (χ0n) is 7.45. The Kier molecular flexibility index (Phi) is 4.49. The number of rotatable bonds is 6. The van der Waals surface area contributed by atoms with Gasteiger partial charge in [-0.1, -0.05) is 6.07 Å². The van der Waals surface area contributed by atoms with Gasteiger partial charge in [0.05, 0.1) is 0 Å². The number of thiophene rings is 1. The van der Waals surface area contributed by atoms with E-state index in [-0.39, 0.29) is 5.91 Å². The standard InChI is InChI=1S/C9H14N2OS/c10-9(12)4-6-11-5-3-8-2-1-7-13-8/h1-2,7,11H,3-6H2,(H2,10,12). The zero-order chi connectivity index (χ0) is 9.52. The summed E-state index contributed by atoms with van der Waals surface area (Å²) in [6, 6.07) is 4.16. The molecule has 0 unspecified atom stereocenters. The van der Waals surface area contributed by atoms with Gasteiger partial charge in [-0.15, -0.1) is 11.3 Å². The largest absolute Gasteiger partial charge is 0.370 e.